The molecule has 0 aromatic rings. The quantitative estimate of drug-likeness (QED) is 0.454. The molecule has 0 spiro atoms. The highest BCUT2D eigenvalue weighted by atomic mass is 16.4. The topological polar surface area (TPSA) is 54.4 Å². The average molecular weight is 240 g/mol. The van der Waals surface area contributed by atoms with Crippen LogP contribution in [0.2, 0.25) is 0 Å². The molecular weight excluding hydrogens is 216 g/mol. The Morgan fingerprint density at radius 1 is 1.24 bits per heavy atom. The first-order valence-electron chi connectivity index (χ1n) is 5.78. The fourth-order valence-corrected chi connectivity index (χ4v) is 0.788. The Kier molecular flexibility index (Phi) is 11.8. The first-order chi connectivity index (χ1) is 7.81. The molecule has 0 unspecified atom stereocenters. The van der Waals surface area contributed by atoms with E-state index in [0.717, 1.165) is 24.7 Å². The molecule has 0 fully saturated rings. The van der Waals surface area contributed by atoms with E-state index in [1.54, 1.807) is 19.9 Å². The number of hydrogen-bond donors (Lipinski definition) is 1. The van der Waals surface area contributed by atoms with Crippen LogP contribution in [0.25, 0.3) is 0 Å². The SMILES string of the molecule is CC(C)=CCCC(C)=CC=O.CC(C)C(=O)O. The zero-order valence-corrected chi connectivity index (χ0v) is 11.5. The molecule has 0 bridgehead atoms. The predicted molar refractivity (Wildman–Crippen MR) is 71.0 cm³/mol. The van der Waals surface area contributed by atoms with E-state index in [0.29, 0.717) is 0 Å². The Morgan fingerprint density at radius 2 is 1.71 bits per heavy atom. The molecule has 0 heterocycles. The van der Waals surface area contributed by atoms with Crippen molar-refractivity contribution in [3.63, 3.8) is 0 Å². The van der Waals surface area contributed by atoms with Gasteiger partial charge in [0.15, 0.2) is 0 Å². The summed E-state index contributed by atoms with van der Waals surface area (Å²) in [5, 5.41) is 7.99. The van der Waals surface area contributed by atoms with Crippen molar-refractivity contribution >= 4 is 12.3 Å². The number of carbonyl (C=O) groups excluding carboxylic acids is 1. The molecule has 0 aliphatic rings. The first kappa shape index (κ1) is 18.0. The minimum absolute atomic E-state index is 0.231. The van der Waals surface area contributed by atoms with Crippen molar-refractivity contribution < 1.29 is 14.7 Å². The van der Waals surface area contributed by atoms with Gasteiger partial charge in [0, 0.05) is 0 Å². The second-order valence-electron chi connectivity index (χ2n) is 4.46. The van der Waals surface area contributed by atoms with Gasteiger partial charge in [-0.15, -0.1) is 0 Å². The molecule has 1 N–H and O–H groups in total. The number of aldehydes is 1. The van der Waals surface area contributed by atoms with Gasteiger partial charge < -0.3 is 5.11 Å². The van der Waals surface area contributed by atoms with Crippen molar-refractivity contribution in [2.75, 3.05) is 0 Å². The van der Waals surface area contributed by atoms with Crippen molar-refractivity contribution in [3.05, 3.63) is 23.3 Å². The standard InChI is InChI=1S/C10H16O.C4H8O2/c1-9(2)5-4-6-10(3)7-8-11;1-3(2)4(5)6/h5,7-8H,4,6H2,1-3H3;3H,1-2H3,(H,5,6). The zero-order chi connectivity index (χ0) is 13.8. The van der Waals surface area contributed by atoms with Crippen molar-refractivity contribution in [1.29, 1.82) is 0 Å². The molecule has 0 rings (SSSR count). The molecule has 3 heteroatoms. The normalized spacial score (nSPS) is 10.4. The van der Waals surface area contributed by atoms with Crippen LogP contribution in [-0.2, 0) is 9.59 Å². The number of aliphatic carboxylic acids is 1. The average Bonchev–Trinajstić information content (AvgIpc) is 2.18. The minimum atomic E-state index is -0.741. The summed E-state index contributed by atoms with van der Waals surface area (Å²) >= 11 is 0. The second kappa shape index (κ2) is 11.1. The Bertz CT molecular complexity index is 282. The summed E-state index contributed by atoms with van der Waals surface area (Å²) in [6.45, 7) is 9.43. The monoisotopic (exact) mass is 240 g/mol. The van der Waals surface area contributed by atoms with Crippen LogP contribution in [0.3, 0.4) is 0 Å². The summed E-state index contributed by atoms with van der Waals surface area (Å²) in [6, 6.07) is 0. The predicted octanol–water partition coefficient (Wildman–Crippen LogP) is 3.61. The summed E-state index contributed by atoms with van der Waals surface area (Å²) in [5.41, 5.74) is 2.49. The number of rotatable bonds is 5. The second-order valence-corrected chi connectivity index (χ2v) is 4.46. The lowest BCUT2D eigenvalue weighted by molar-refractivity contribution is -0.140. The van der Waals surface area contributed by atoms with Crippen LogP contribution in [0.15, 0.2) is 23.3 Å². The van der Waals surface area contributed by atoms with Gasteiger partial charge in [-0.1, -0.05) is 31.1 Å². The smallest absolute Gasteiger partial charge is 0.305 e. The maximum absolute atomic E-state index is 10.0. The van der Waals surface area contributed by atoms with Gasteiger partial charge in [-0.2, -0.15) is 0 Å². The number of allylic oxidation sites excluding steroid dienone is 4. The number of carbonyl (C=O) groups is 2. The molecule has 0 aromatic carbocycles. The van der Waals surface area contributed by atoms with Crippen LogP contribution in [0, 0.1) is 5.92 Å². The Balaban J connectivity index is 0. The van der Waals surface area contributed by atoms with Crippen molar-refractivity contribution in [2.45, 2.75) is 47.5 Å². The van der Waals surface area contributed by atoms with Gasteiger partial charge in [-0.3, -0.25) is 9.59 Å². The van der Waals surface area contributed by atoms with E-state index in [9.17, 15) is 9.59 Å². The first-order valence-corrected chi connectivity index (χ1v) is 5.78. The molecule has 0 amide bonds. The molecule has 0 aliphatic carbocycles. The van der Waals surface area contributed by atoms with Crippen LogP contribution in [0.4, 0.5) is 0 Å². The third-order valence-electron chi connectivity index (χ3n) is 1.94. The summed E-state index contributed by atoms with van der Waals surface area (Å²) in [5.74, 6) is -0.972. The van der Waals surface area contributed by atoms with Crippen molar-refractivity contribution in [2.24, 2.45) is 5.92 Å². The Hall–Kier alpha value is -1.38. The van der Waals surface area contributed by atoms with Gasteiger partial charge in [0.25, 0.3) is 0 Å². The summed E-state index contributed by atoms with van der Waals surface area (Å²) in [4.78, 5) is 19.7. The number of hydrogen-bond acceptors (Lipinski definition) is 2. The van der Waals surface area contributed by atoms with E-state index in [2.05, 4.69) is 19.9 Å². The molecule has 0 atom stereocenters. The highest BCUT2D eigenvalue weighted by Crippen LogP contribution is 2.05. The lowest BCUT2D eigenvalue weighted by Crippen LogP contribution is -2.03. The highest BCUT2D eigenvalue weighted by molar-refractivity contribution is 5.68. The highest BCUT2D eigenvalue weighted by Gasteiger charge is 1.99. The zero-order valence-electron chi connectivity index (χ0n) is 11.5. The van der Waals surface area contributed by atoms with E-state index < -0.39 is 5.97 Å². The number of carboxylic acid groups (broad SMARTS) is 1. The lowest BCUT2D eigenvalue weighted by atomic mass is 10.1. The maximum atomic E-state index is 10.0. The largest absolute Gasteiger partial charge is 0.481 e. The molecule has 0 radical (unpaired) electrons. The molecular formula is C14H24O3. The molecule has 3 nitrogen and oxygen atoms in total. The fourth-order valence-electron chi connectivity index (χ4n) is 0.788. The minimum Gasteiger partial charge on any atom is -0.481 e. The summed E-state index contributed by atoms with van der Waals surface area (Å²) in [6.07, 6.45) is 6.68. The third-order valence-corrected chi connectivity index (χ3v) is 1.94. The van der Waals surface area contributed by atoms with Crippen LogP contribution in [-0.4, -0.2) is 17.4 Å². The summed E-state index contributed by atoms with van der Waals surface area (Å²) in [7, 11) is 0. The Morgan fingerprint density at radius 3 is 2.00 bits per heavy atom. The van der Waals surface area contributed by atoms with Gasteiger partial charge in [-0.25, -0.2) is 0 Å². The van der Waals surface area contributed by atoms with E-state index >= 15 is 0 Å². The van der Waals surface area contributed by atoms with E-state index in [-0.39, 0.29) is 5.92 Å². The van der Waals surface area contributed by atoms with E-state index in [1.807, 2.05) is 6.92 Å². The van der Waals surface area contributed by atoms with Gasteiger partial charge in [0.05, 0.1) is 5.92 Å². The molecule has 17 heavy (non-hydrogen) atoms. The van der Waals surface area contributed by atoms with Gasteiger partial charge in [0.2, 0.25) is 0 Å². The van der Waals surface area contributed by atoms with Gasteiger partial charge in [-0.05, 0) is 39.7 Å². The molecule has 0 saturated carbocycles. The molecule has 98 valence electrons. The van der Waals surface area contributed by atoms with E-state index in [1.165, 1.54) is 5.57 Å². The molecule has 0 aliphatic heterocycles. The van der Waals surface area contributed by atoms with E-state index in [4.69, 9.17) is 5.11 Å². The third kappa shape index (κ3) is 17.2. The summed E-state index contributed by atoms with van der Waals surface area (Å²) < 4.78 is 0. The number of carboxylic acids is 1. The van der Waals surface area contributed by atoms with Crippen molar-refractivity contribution in [1.82, 2.24) is 0 Å². The van der Waals surface area contributed by atoms with Crippen LogP contribution in [0.1, 0.15) is 47.5 Å². The van der Waals surface area contributed by atoms with Crippen LogP contribution < -0.4 is 0 Å². The van der Waals surface area contributed by atoms with Gasteiger partial charge in [0.1, 0.15) is 6.29 Å². The molecule has 0 aromatic heterocycles. The molecule has 0 saturated heterocycles. The van der Waals surface area contributed by atoms with Crippen LogP contribution >= 0.6 is 0 Å². The van der Waals surface area contributed by atoms with Gasteiger partial charge >= 0.3 is 5.97 Å². The lowest BCUT2D eigenvalue weighted by Gasteiger charge is -1.94. The Labute approximate surface area is 104 Å². The van der Waals surface area contributed by atoms with Crippen molar-refractivity contribution in [3.8, 4) is 0 Å². The van der Waals surface area contributed by atoms with Crippen LogP contribution in [0.5, 0.6) is 0 Å². The fraction of sp³-hybridized carbons (Fsp3) is 0.571. The maximum Gasteiger partial charge on any atom is 0.305 e.